The molecular formula is C35H37Cl2F4N3O4S. The third kappa shape index (κ3) is 8.24. The summed E-state index contributed by atoms with van der Waals surface area (Å²) < 4.78 is 71.9. The quantitative estimate of drug-likeness (QED) is 0.198. The second-order valence-electron chi connectivity index (χ2n) is 12.7. The summed E-state index contributed by atoms with van der Waals surface area (Å²) in [5.74, 6) is -1.11. The minimum atomic E-state index is -4.74. The van der Waals surface area contributed by atoms with Crippen LogP contribution in [0.4, 0.5) is 22.4 Å². The van der Waals surface area contributed by atoms with E-state index in [1.807, 2.05) is 18.2 Å². The molecule has 3 aromatic carbocycles. The number of alkyl halides is 3. The van der Waals surface area contributed by atoms with Crippen molar-refractivity contribution in [2.45, 2.75) is 54.3 Å². The first-order valence-corrected chi connectivity index (χ1v) is 17.9. The number of piperidine rings is 1. The third-order valence-electron chi connectivity index (χ3n) is 9.63. The Kier molecular flexibility index (Phi) is 11.3. The fraction of sp³-hybridized carbons (Fsp3) is 0.429. The Hall–Kier alpha value is -3.19. The molecule has 1 spiro atoms. The number of halogens is 6. The number of hydrogen-bond donors (Lipinski definition) is 0. The van der Waals surface area contributed by atoms with E-state index >= 15 is 0 Å². The Balaban J connectivity index is 1.41. The monoisotopic (exact) mass is 741 g/mol. The van der Waals surface area contributed by atoms with Crippen LogP contribution in [0.3, 0.4) is 0 Å². The highest BCUT2D eigenvalue weighted by molar-refractivity contribution is 7.85. The van der Waals surface area contributed by atoms with Gasteiger partial charge in [-0.25, -0.2) is 9.18 Å². The van der Waals surface area contributed by atoms with Gasteiger partial charge in [0.25, 0.3) is 0 Å². The number of amides is 2. The largest absolute Gasteiger partial charge is 0.415 e. The molecule has 3 aromatic rings. The van der Waals surface area contributed by atoms with E-state index in [-0.39, 0.29) is 33.5 Å². The summed E-state index contributed by atoms with van der Waals surface area (Å²) in [5, 5.41) is 0.379. The predicted octanol–water partition coefficient (Wildman–Crippen LogP) is 7.90. The zero-order valence-electron chi connectivity index (χ0n) is 27.1. The molecule has 49 heavy (non-hydrogen) atoms. The van der Waals surface area contributed by atoms with Gasteiger partial charge in [-0.05, 0) is 98.4 Å². The van der Waals surface area contributed by atoms with Gasteiger partial charge in [-0.1, -0.05) is 53.5 Å². The fourth-order valence-corrected chi connectivity index (χ4v) is 9.11. The van der Waals surface area contributed by atoms with Crippen LogP contribution in [0, 0.1) is 5.82 Å². The molecule has 0 radical (unpaired) electrons. The van der Waals surface area contributed by atoms with Crippen molar-refractivity contribution in [2.75, 3.05) is 40.3 Å². The van der Waals surface area contributed by atoms with Crippen LogP contribution in [-0.4, -0.2) is 77.4 Å². The predicted molar refractivity (Wildman–Crippen MR) is 182 cm³/mol. The van der Waals surface area contributed by atoms with Crippen molar-refractivity contribution in [1.29, 1.82) is 0 Å². The van der Waals surface area contributed by atoms with Crippen LogP contribution in [-0.2, 0) is 31.6 Å². The smallest absolute Gasteiger partial charge is 0.410 e. The molecule has 2 heterocycles. The van der Waals surface area contributed by atoms with Gasteiger partial charge in [-0.15, -0.1) is 0 Å². The van der Waals surface area contributed by atoms with Crippen LogP contribution in [0.2, 0.25) is 10.0 Å². The summed E-state index contributed by atoms with van der Waals surface area (Å²) in [7, 11) is 1.67. The van der Waals surface area contributed by atoms with Crippen molar-refractivity contribution in [3.8, 4) is 5.75 Å². The molecule has 0 N–H and O–H groups in total. The molecule has 2 aliphatic heterocycles. The first-order chi connectivity index (χ1) is 23.1. The molecule has 2 amide bonds. The lowest BCUT2D eigenvalue weighted by molar-refractivity contribution is -0.161. The number of benzene rings is 3. The molecule has 5 rings (SSSR count). The number of hydrogen-bond acceptors (Lipinski definition) is 5. The number of likely N-dealkylation sites (N-methyl/N-ethyl adjacent to an activating group) is 2. The number of ether oxygens (including phenoxy) is 1. The third-order valence-corrected chi connectivity index (χ3v) is 12.4. The molecule has 1 saturated heterocycles. The average molecular weight is 743 g/mol. The first-order valence-electron chi connectivity index (χ1n) is 15.8. The second kappa shape index (κ2) is 15.0. The van der Waals surface area contributed by atoms with Crippen LogP contribution in [0.1, 0.15) is 48.8 Å². The molecule has 0 aromatic heterocycles. The maximum Gasteiger partial charge on any atom is 0.415 e. The Morgan fingerprint density at radius 1 is 0.980 bits per heavy atom. The molecule has 7 nitrogen and oxygen atoms in total. The summed E-state index contributed by atoms with van der Waals surface area (Å²) in [6, 6.07) is 17.5. The number of fused-ring (bicyclic) bond motifs is 2. The molecule has 14 heteroatoms. The standard InChI is InChI=1S/C35H37Cl2F4N3O4S/c1-42(31(45)21-35(39,40)41)23-33(25-8-13-29(36)30(37)20-25,43(2)32(46)48-27-11-9-26(38)10-12-27)14-5-17-44-18-15-34(16-19-44)28-7-4-3-6-24(28)22-49(34)47/h3-4,6-13,20H,5,14-19,21-23H2,1-2H3/t33-,49?/m1/s1. The van der Waals surface area contributed by atoms with Gasteiger partial charge in [0.1, 0.15) is 18.0 Å². The Bertz CT molecular complexity index is 1700. The summed E-state index contributed by atoms with van der Waals surface area (Å²) in [6.07, 6.45) is -5.20. The van der Waals surface area contributed by atoms with Gasteiger partial charge in [0, 0.05) is 37.2 Å². The highest BCUT2D eigenvalue weighted by atomic mass is 35.5. The van der Waals surface area contributed by atoms with Gasteiger partial charge in [0.15, 0.2) is 0 Å². The highest BCUT2D eigenvalue weighted by Gasteiger charge is 2.47. The zero-order chi connectivity index (χ0) is 35.6. The van der Waals surface area contributed by atoms with E-state index in [1.165, 1.54) is 43.3 Å². The Labute approximate surface area is 295 Å². The van der Waals surface area contributed by atoms with E-state index in [9.17, 15) is 31.4 Å². The van der Waals surface area contributed by atoms with Crippen molar-refractivity contribution >= 4 is 46.0 Å². The van der Waals surface area contributed by atoms with Crippen LogP contribution in [0.15, 0.2) is 66.7 Å². The molecule has 1 unspecified atom stereocenters. The van der Waals surface area contributed by atoms with Gasteiger partial charge in [-0.3, -0.25) is 13.9 Å². The van der Waals surface area contributed by atoms with Crippen molar-refractivity contribution in [3.63, 3.8) is 0 Å². The van der Waals surface area contributed by atoms with E-state index in [0.717, 1.165) is 28.2 Å². The maximum atomic E-state index is 13.7. The minimum absolute atomic E-state index is 0.0518. The highest BCUT2D eigenvalue weighted by Crippen LogP contribution is 2.47. The van der Waals surface area contributed by atoms with Crippen LogP contribution < -0.4 is 4.74 Å². The van der Waals surface area contributed by atoms with Gasteiger partial charge in [0.05, 0.1) is 20.3 Å². The van der Waals surface area contributed by atoms with Crippen LogP contribution in [0.25, 0.3) is 0 Å². The number of likely N-dealkylation sites (tertiary alicyclic amines) is 1. The molecule has 0 bridgehead atoms. The molecule has 0 aliphatic carbocycles. The van der Waals surface area contributed by atoms with Crippen molar-refractivity contribution in [1.82, 2.24) is 14.7 Å². The van der Waals surface area contributed by atoms with Crippen LogP contribution in [0.5, 0.6) is 5.75 Å². The summed E-state index contributed by atoms with van der Waals surface area (Å²) in [5.41, 5.74) is 1.28. The fourth-order valence-electron chi connectivity index (χ4n) is 6.92. The van der Waals surface area contributed by atoms with Crippen LogP contribution >= 0.6 is 23.2 Å². The molecule has 2 aliphatic rings. The molecule has 0 saturated carbocycles. The van der Waals surface area contributed by atoms with Crippen molar-refractivity contribution in [2.24, 2.45) is 0 Å². The summed E-state index contributed by atoms with van der Waals surface area (Å²) in [4.78, 5) is 31.0. The van der Waals surface area contributed by atoms with Gasteiger partial charge >= 0.3 is 12.3 Å². The van der Waals surface area contributed by atoms with Crippen molar-refractivity contribution in [3.05, 3.63) is 99.3 Å². The van der Waals surface area contributed by atoms with E-state index in [1.54, 1.807) is 6.07 Å². The Morgan fingerprint density at radius 2 is 1.65 bits per heavy atom. The average Bonchev–Trinajstić information content (AvgIpc) is 3.32. The molecule has 2 atom stereocenters. The molecule has 264 valence electrons. The van der Waals surface area contributed by atoms with Gasteiger partial charge in [-0.2, -0.15) is 13.2 Å². The minimum Gasteiger partial charge on any atom is -0.410 e. The zero-order valence-corrected chi connectivity index (χ0v) is 29.4. The van der Waals surface area contributed by atoms with Crippen molar-refractivity contribution < 1.29 is 36.1 Å². The lowest BCUT2D eigenvalue weighted by Gasteiger charge is -2.45. The van der Waals surface area contributed by atoms with E-state index in [2.05, 4.69) is 11.0 Å². The second-order valence-corrected chi connectivity index (χ2v) is 15.2. The summed E-state index contributed by atoms with van der Waals surface area (Å²) in [6.45, 7) is 1.61. The maximum absolute atomic E-state index is 13.7. The topological polar surface area (TPSA) is 70.2 Å². The van der Waals surface area contributed by atoms with E-state index < -0.39 is 46.8 Å². The number of carbonyl (C=O) groups is 2. The normalized spacial score (nSPS) is 18.5. The van der Waals surface area contributed by atoms with E-state index in [0.29, 0.717) is 50.2 Å². The summed E-state index contributed by atoms with van der Waals surface area (Å²) >= 11 is 12.7. The number of carbonyl (C=O) groups excluding carboxylic acids is 2. The SMILES string of the molecule is CN(C[C@](CCCN1CCC2(CC1)c1ccccc1CS2=O)(c1ccc(Cl)c(Cl)c1)N(C)C(=O)Oc1ccc(F)cc1)C(=O)CC(F)(F)F. The lowest BCUT2D eigenvalue weighted by atomic mass is 9.82. The molecular weight excluding hydrogens is 705 g/mol. The lowest BCUT2D eigenvalue weighted by Crippen LogP contribution is -2.55. The van der Waals surface area contributed by atoms with E-state index in [4.69, 9.17) is 27.9 Å². The van der Waals surface area contributed by atoms with Gasteiger partial charge in [0.2, 0.25) is 5.91 Å². The Morgan fingerprint density at radius 3 is 2.31 bits per heavy atom. The number of rotatable bonds is 10. The molecule has 1 fully saturated rings. The van der Waals surface area contributed by atoms with Gasteiger partial charge < -0.3 is 14.5 Å². The first kappa shape index (κ1) is 37.1. The number of nitrogens with zero attached hydrogens (tertiary/aromatic N) is 3.